The Morgan fingerprint density at radius 1 is 1.58 bits per heavy atom. The molecule has 0 bridgehead atoms. The third-order valence-electron chi connectivity index (χ3n) is 1.42. The van der Waals surface area contributed by atoms with Crippen LogP contribution in [0.15, 0.2) is 41.7 Å². The van der Waals surface area contributed by atoms with Gasteiger partial charge >= 0.3 is 0 Å². The van der Waals surface area contributed by atoms with Crippen molar-refractivity contribution in [2.75, 3.05) is 7.05 Å². The van der Waals surface area contributed by atoms with Crippen LogP contribution in [-0.2, 0) is 0 Å². The number of aromatic nitrogens is 1. The zero-order valence-electron chi connectivity index (χ0n) is 6.94. The molecule has 1 heterocycles. The average Bonchev–Trinajstić information content (AvgIpc) is 2.15. The summed E-state index contributed by atoms with van der Waals surface area (Å²) in [7, 11) is 1.71. The molecule has 0 saturated heterocycles. The van der Waals surface area contributed by atoms with Crippen LogP contribution in [-0.4, -0.2) is 17.7 Å². The number of rotatable bonds is 2. The first-order valence-electron chi connectivity index (χ1n) is 3.65. The minimum Gasteiger partial charge on any atom is -0.405 e. The van der Waals surface area contributed by atoms with Crippen LogP contribution in [0.2, 0.25) is 0 Å². The lowest BCUT2D eigenvalue weighted by Crippen LogP contribution is -2.00. The minimum absolute atomic E-state index is 0.790. The van der Waals surface area contributed by atoms with Crippen molar-refractivity contribution in [1.29, 1.82) is 0 Å². The largest absolute Gasteiger partial charge is 0.405 e. The summed E-state index contributed by atoms with van der Waals surface area (Å²) in [6, 6.07) is 5.67. The number of nitrogens with zero attached hydrogens (tertiary/aromatic N) is 2. The van der Waals surface area contributed by atoms with Crippen LogP contribution in [0.5, 0.6) is 0 Å². The van der Waals surface area contributed by atoms with Crippen LogP contribution >= 0.6 is 0 Å². The van der Waals surface area contributed by atoms with Gasteiger partial charge in [0.15, 0.2) is 0 Å². The highest BCUT2D eigenvalue weighted by Gasteiger charge is 1.96. The number of allylic oxidation sites excluding steroid dienone is 1. The Bertz CT molecular complexity index is 288. The van der Waals surface area contributed by atoms with Gasteiger partial charge in [0.05, 0.1) is 11.4 Å². The third kappa shape index (κ3) is 1.92. The first-order valence-corrected chi connectivity index (χ1v) is 3.65. The summed E-state index contributed by atoms with van der Waals surface area (Å²) in [6.45, 7) is 0. The molecule has 1 aromatic rings. The van der Waals surface area contributed by atoms with Crippen molar-refractivity contribution in [3.05, 3.63) is 42.4 Å². The van der Waals surface area contributed by atoms with Gasteiger partial charge in [0.1, 0.15) is 0 Å². The SMILES string of the molecule is CN=C(C=CN)c1ccccn1. The second-order valence-electron chi connectivity index (χ2n) is 2.18. The maximum atomic E-state index is 5.25. The van der Waals surface area contributed by atoms with Gasteiger partial charge < -0.3 is 5.73 Å². The highest BCUT2D eigenvalue weighted by Crippen LogP contribution is 1.96. The summed E-state index contributed by atoms with van der Waals surface area (Å²) in [5, 5.41) is 0. The highest BCUT2D eigenvalue weighted by atomic mass is 14.8. The Balaban J connectivity index is 2.97. The van der Waals surface area contributed by atoms with Crippen molar-refractivity contribution in [2.24, 2.45) is 10.7 Å². The quantitative estimate of drug-likeness (QED) is 0.657. The van der Waals surface area contributed by atoms with E-state index in [9.17, 15) is 0 Å². The van der Waals surface area contributed by atoms with E-state index in [-0.39, 0.29) is 0 Å². The molecule has 0 fully saturated rings. The zero-order chi connectivity index (χ0) is 8.81. The number of hydrogen-bond acceptors (Lipinski definition) is 3. The zero-order valence-corrected chi connectivity index (χ0v) is 6.94. The molecule has 2 N–H and O–H groups in total. The summed E-state index contributed by atoms with van der Waals surface area (Å²) < 4.78 is 0. The van der Waals surface area contributed by atoms with Crippen molar-refractivity contribution < 1.29 is 0 Å². The first-order chi connectivity index (χ1) is 5.88. The van der Waals surface area contributed by atoms with Crippen molar-refractivity contribution >= 4 is 5.71 Å². The summed E-state index contributed by atoms with van der Waals surface area (Å²) in [5.41, 5.74) is 6.88. The predicted octanol–water partition coefficient (Wildman–Crippen LogP) is 0.973. The van der Waals surface area contributed by atoms with Crippen molar-refractivity contribution in [2.45, 2.75) is 0 Å². The molecule has 0 aliphatic heterocycles. The number of pyridine rings is 1. The topological polar surface area (TPSA) is 51.3 Å². The van der Waals surface area contributed by atoms with Gasteiger partial charge in [-0.05, 0) is 24.4 Å². The fourth-order valence-electron chi connectivity index (χ4n) is 0.880. The number of hydrogen-bond donors (Lipinski definition) is 1. The molecule has 0 radical (unpaired) electrons. The molecule has 0 atom stereocenters. The van der Waals surface area contributed by atoms with Gasteiger partial charge in [0.25, 0.3) is 0 Å². The second kappa shape index (κ2) is 4.28. The third-order valence-corrected chi connectivity index (χ3v) is 1.42. The molecule has 12 heavy (non-hydrogen) atoms. The molecule has 0 aliphatic rings. The van der Waals surface area contributed by atoms with E-state index in [0.29, 0.717) is 0 Å². The molecular weight excluding hydrogens is 150 g/mol. The molecule has 0 aromatic carbocycles. The van der Waals surface area contributed by atoms with Crippen molar-refractivity contribution in [3.63, 3.8) is 0 Å². The number of aliphatic imine (C=N–C) groups is 1. The van der Waals surface area contributed by atoms with Gasteiger partial charge in [-0.15, -0.1) is 0 Å². The molecule has 0 saturated carbocycles. The Kier molecular flexibility index (Phi) is 3.02. The Morgan fingerprint density at radius 2 is 2.42 bits per heavy atom. The van der Waals surface area contributed by atoms with Gasteiger partial charge in [0, 0.05) is 13.2 Å². The summed E-state index contributed by atoms with van der Waals surface area (Å²) in [6.07, 6.45) is 4.91. The Hall–Kier alpha value is -1.64. The molecule has 0 unspecified atom stereocenters. The molecule has 62 valence electrons. The molecular formula is C9H11N3. The maximum Gasteiger partial charge on any atom is 0.0882 e. The van der Waals surface area contributed by atoms with Crippen LogP contribution < -0.4 is 5.73 Å². The Labute approximate surface area is 71.7 Å². The van der Waals surface area contributed by atoms with Gasteiger partial charge in [-0.25, -0.2) is 0 Å². The molecule has 3 heteroatoms. The van der Waals surface area contributed by atoms with E-state index in [0.717, 1.165) is 11.4 Å². The monoisotopic (exact) mass is 161 g/mol. The lowest BCUT2D eigenvalue weighted by Gasteiger charge is -1.96. The number of nitrogens with two attached hydrogens (primary N) is 1. The smallest absolute Gasteiger partial charge is 0.0882 e. The standard InChI is InChI=1S/C9H11N3/c1-11-8(5-6-10)9-4-2-3-7-12-9/h2-7H,10H2,1H3. The molecule has 3 nitrogen and oxygen atoms in total. The normalized spacial score (nSPS) is 12.2. The van der Waals surface area contributed by atoms with E-state index in [4.69, 9.17) is 5.73 Å². The van der Waals surface area contributed by atoms with Crippen molar-refractivity contribution in [1.82, 2.24) is 4.98 Å². The lowest BCUT2D eigenvalue weighted by molar-refractivity contribution is 1.28. The fourth-order valence-corrected chi connectivity index (χ4v) is 0.880. The van der Waals surface area contributed by atoms with Crippen LogP contribution in [0.25, 0.3) is 0 Å². The molecule has 1 rings (SSSR count). The minimum atomic E-state index is 0.790. The maximum absolute atomic E-state index is 5.25. The summed E-state index contributed by atoms with van der Waals surface area (Å²) in [4.78, 5) is 8.17. The van der Waals surface area contributed by atoms with E-state index < -0.39 is 0 Å². The van der Waals surface area contributed by atoms with Gasteiger partial charge in [0.2, 0.25) is 0 Å². The van der Waals surface area contributed by atoms with E-state index in [1.165, 1.54) is 6.20 Å². The van der Waals surface area contributed by atoms with Gasteiger partial charge in [-0.2, -0.15) is 0 Å². The van der Waals surface area contributed by atoms with E-state index in [1.807, 2.05) is 18.2 Å². The van der Waals surface area contributed by atoms with Gasteiger partial charge in [-0.3, -0.25) is 9.98 Å². The predicted molar refractivity (Wildman–Crippen MR) is 50.0 cm³/mol. The van der Waals surface area contributed by atoms with Crippen LogP contribution in [0.1, 0.15) is 5.69 Å². The van der Waals surface area contributed by atoms with Crippen LogP contribution in [0.3, 0.4) is 0 Å². The second-order valence-corrected chi connectivity index (χ2v) is 2.18. The first kappa shape index (κ1) is 8.46. The average molecular weight is 161 g/mol. The summed E-state index contributed by atoms with van der Waals surface area (Å²) >= 11 is 0. The van der Waals surface area contributed by atoms with E-state index in [2.05, 4.69) is 9.98 Å². The molecule has 0 aliphatic carbocycles. The Morgan fingerprint density at radius 3 is 2.92 bits per heavy atom. The van der Waals surface area contributed by atoms with Crippen LogP contribution in [0, 0.1) is 0 Å². The molecule has 0 amide bonds. The molecule has 0 spiro atoms. The highest BCUT2D eigenvalue weighted by molar-refractivity contribution is 6.07. The fraction of sp³-hybridized carbons (Fsp3) is 0.111. The van der Waals surface area contributed by atoms with E-state index >= 15 is 0 Å². The van der Waals surface area contributed by atoms with Crippen LogP contribution in [0.4, 0.5) is 0 Å². The molecule has 1 aromatic heterocycles. The lowest BCUT2D eigenvalue weighted by atomic mass is 10.2. The summed E-state index contributed by atoms with van der Waals surface area (Å²) in [5.74, 6) is 0. The van der Waals surface area contributed by atoms with E-state index in [1.54, 1.807) is 19.3 Å². The van der Waals surface area contributed by atoms with Gasteiger partial charge in [-0.1, -0.05) is 6.07 Å². The van der Waals surface area contributed by atoms with Crippen molar-refractivity contribution in [3.8, 4) is 0 Å².